The van der Waals surface area contributed by atoms with Crippen molar-refractivity contribution in [3.8, 4) is 5.75 Å². The molecule has 0 saturated heterocycles. The number of hydrogen-bond donors (Lipinski definition) is 1. The van der Waals surface area contributed by atoms with E-state index < -0.39 is 35.2 Å². The molecule has 0 aliphatic heterocycles. The third-order valence-electron chi connectivity index (χ3n) is 2.77. The van der Waals surface area contributed by atoms with Gasteiger partial charge in [0, 0.05) is 4.47 Å². The van der Waals surface area contributed by atoms with E-state index in [1.165, 1.54) is 6.92 Å². The number of halogens is 4. The van der Waals surface area contributed by atoms with Gasteiger partial charge in [-0.1, -0.05) is 22.0 Å². The molecule has 0 fully saturated rings. The van der Waals surface area contributed by atoms with Crippen LogP contribution in [0.3, 0.4) is 0 Å². The summed E-state index contributed by atoms with van der Waals surface area (Å²) in [7, 11) is 0. The van der Waals surface area contributed by atoms with Crippen LogP contribution in [-0.2, 0) is 4.79 Å². The van der Waals surface area contributed by atoms with E-state index in [0.29, 0.717) is 5.75 Å². The molecule has 1 N–H and O–H groups in total. The second kappa shape index (κ2) is 6.83. The Balaban J connectivity index is 2.07. The van der Waals surface area contributed by atoms with Crippen molar-refractivity contribution in [2.45, 2.75) is 13.0 Å². The van der Waals surface area contributed by atoms with E-state index in [-0.39, 0.29) is 0 Å². The third-order valence-corrected chi connectivity index (χ3v) is 3.26. The van der Waals surface area contributed by atoms with E-state index in [9.17, 15) is 18.0 Å². The zero-order valence-corrected chi connectivity index (χ0v) is 13.0. The first-order chi connectivity index (χ1) is 10.4. The summed E-state index contributed by atoms with van der Waals surface area (Å²) >= 11 is 3.26. The number of ether oxygens (including phenoxy) is 1. The number of nitrogens with one attached hydrogen (secondary N) is 1. The fourth-order valence-electron chi connectivity index (χ4n) is 1.65. The lowest BCUT2D eigenvalue weighted by Crippen LogP contribution is -2.30. The van der Waals surface area contributed by atoms with Crippen LogP contribution in [0.15, 0.2) is 40.9 Å². The van der Waals surface area contributed by atoms with Crippen molar-refractivity contribution >= 4 is 27.5 Å². The fraction of sp³-hybridized carbons (Fsp3) is 0.133. The average Bonchev–Trinajstić information content (AvgIpc) is 2.47. The van der Waals surface area contributed by atoms with Gasteiger partial charge >= 0.3 is 0 Å². The molecule has 1 atom stereocenters. The summed E-state index contributed by atoms with van der Waals surface area (Å²) < 4.78 is 45.6. The lowest BCUT2D eigenvalue weighted by molar-refractivity contribution is -0.122. The van der Waals surface area contributed by atoms with Crippen molar-refractivity contribution in [3.63, 3.8) is 0 Å². The molecular weight excluding hydrogens is 363 g/mol. The van der Waals surface area contributed by atoms with Gasteiger partial charge in [0.15, 0.2) is 23.6 Å². The SMILES string of the molecule is C[C@H](Oc1cccc(Br)c1)C(=O)Nc1ccc(F)c(F)c1F. The lowest BCUT2D eigenvalue weighted by atomic mass is 10.2. The Kier molecular flexibility index (Phi) is 5.07. The van der Waals surface area contributed by atoms with E-state index >= 15 is 0 Å². The van der Waals surface area contributed by atoms with Gasteiger partial charge in [-0.3, -0.25) is 4.79 Å². The highest BCUT2D eigenvalue weighted by Gasteiger charge is 2.19. The summed E-state index contributed by atoms with van der Waals surface area (Å²) in [5.74, 6) is -4.68. The summed E-state index contributed by atoms with van der Waals surface area (Å²) in [4.78, 5) is 11.9. The summed E-state index contributed by atoms with van der Waals surface area (Å²) in [5.41, 5.74) is -0.450. The molecule has 0 unspecified atom stereocenters. The predicted octanol–water partition coefficient (Wildman–Crippen LogP) is 4.27. The minimum Gasteiger partial charge on any atom is -0.481 e. The van der Waals surface area contributed by atoms with Gasteiger partial charge in [0.05, 0.1) is 5.69 Å². The summed E-state index contributed by atoms with van der Waals surface area (Å²) in [6, 6.07) is 8.48. The lowest BCUT2D eigenvalue weighted by Gasteiger charge is -2.15. The van der Waals surface area contributed by atoms with Crippen molar-refractivity contribution < 1.29 is 22.7 Å². The molecular formula is C15H11BrF3NO2. The van der Waals surface area contributed by atoms with Crippen LogP contribution >= 0.6 is 15.9 Å². The molecule has 0 bridgehead atoms. The van der Waals surface area contributed by atoms with Gasteiger partial charge in [-0.15, -0.1) is 0 Å². The molecule has 116 valence electrons. The number of anilines is 1. The molecule has 7 heteroatoms. The van der Waals surface area contributed by atoms with E-state index in [0.717, 1.165) is 16.6 Å². The van der Waals surface area contributed by atoms with Crippen LogP contribution in [-0.4, -0.2) is 12.0 Å². The summed E-state index contributed by atoms with van der Waals surface area (Å²) in [6.07, 6.45) is -0.957. The zero-order valence-electron chi connectivity index (χ0n) is 11.4. The van der Waals surface area contributed by atoms with Gasteiger partial charge in [0.25, 0.3) is 5.91 Å². The molecule has 0 aliphatic carbocycles. The van der Waals surface area contributed by atoms with Crippen LogP contribution in [0, 0.1) is 17.5 Å². The quantitative estimate of drug-likeness (QED) is 0.812. The number of rotatable bonds is 4. The predicted molar refractivity (Wildman–Crippen MR) is 79.2 cm³/mol. The van der Waals surface area contributed by atoms with Crippen molar-refractivity contribution in [1.29, 1.82) is 0 Å². The molecule has 0 radical (unpaired) electrons. The average molecular weight is 374 g/mol. The van der Waals surface area contributed by atoms with E-state index in [4.69, 9.17) is 4.74 Å². The molecule has 3 nitrogen and oxygen atoms in total. The second-order valence-electron chi connectivity index (χ2n) is 4.43. The van der Waals surface area contributed by atoms with Crippen molar-refractivity contribution in [2.75, 3.05) is 5.32 Å². The number of carbonyl (C=O) groups excluding carboxylic acids is 1. The number of amides is 1. The van der Waals surface area contributed by atoms with Crippen LogP contribution in [0.4, 0.5) is 18.9 Å². The Hall–Kier alpha value is -2.02. The van der Waals surface area contributed by atoms with E-state index in [1.807, 2.05) is 0 Å². The minimum atomic E-state index is -1.64. The van der Waals surface area contributed by atoms with Crippen molar-refractivity contribution in [1.82, 2.24) is 0 Å². The molecule has 2 aromatic rings. The molecule has 1 amide bonds. The molecule has 0 aromatic heterocycles. The monoisotopic (exact) mass is 373 g/mol. The van der Waals surface area contributed by atoms with Crippen LogP contribution in [0.2, 0.25) is 0 Å². The highest BCUT2D eigenvalue weighted by molar-refractivity contribution is 9.10. The third kappa shape index (κ3) is 3.79. The standard InChI is InChI=1S/C15H11BrF3NO2/c1-8(22-10-4-2-3-9(16)7-10)15(21)20-12-6-5-11(17)13(18)14(12)19/h2-8H,1H3,(H,20,21)/t8-/m0/s1. The van der Waals surface area contributed by atoms with Crippen LogP contribution in [0.1, 0.15) is 6.92 Å². The Morgan fingerprint density at radius 2 is 1.91 bits per heavy atom. The number of hydrogen-bond acceptors (Lipinski definition) is 2. The molecule has 2 rings (SSSR count). The van der Waals surface area contributed by atoms with Gasteiger partial charge in [-0.05, 0) is 37.3 Å². The van der Waals surface area contributed by atoms with Crippen LogP contribution in [0.25, 0.3) is 0 Å². The van der Waals surface area contributed by atoms with Gasteiger partial charge in [-0.25, -0.2) is 13.2 Å². The maximum Gasteiger partial charge on any atom is 0.265 e. The fourth-order valence-corrected chi connectivity index (χ4v) is 2.03. The second-order valence-corrected chi connectivity index (χ2v) is 5.35. The van der Waals surface area contributed by atoms with Crippen molar-refractivity contribution in [2.24, 2.45) is 0 Å². The molecule has 0 spiro atoms. The topological polar surface area (TPSA) is 38.3 Å². The Morgan fingerprint density at radius 3 is 2.59 bits per heavy atom. The largest absolute Gasteiger partial charge is 0.481 e. The van der Waals surface area contributed by atoms with Gasteiger partial charge < -0.3 is 10.1 Å². The molecule has 0 saturated carbocycles. The first kappa shape index (κ1) is 16.4. The molecule has 0 heterocycles. The van der Waals surface area contributed by atoms with E-state index in [1.54, 1.807) is 24.3 Å². The van der Waals surface area contributed by atoms with E-state index in [2.05, 4.69) is 21.2 Å². The zero-order chi connectivity index (χ0) is 16.3. The highest BCUT2D eigenvalue weighted by atomic mass is 79.9. The summed E-state index contributed by atoms with van der Waals surface area (Å²) in [5, 5.41) is 2.16. The molecule has 0 aliphatic rings. The smallest absolute Gasteiger partial charge is 0.265 e. The Bertz CT molecular complexity index is 709. The maximum absolute atomic E-state index is 13.5. The normalized spacial score (nSPS) is 11.9. The number of benzene rings is 2. The van der Waals surface area contributed by atoms with Gasteiger partial charge in [-0.2, -0.15) is 0 Å². The van der Waals surface area contributed by atoms with Crippen LogP contribution < -0.4 is 10.1 Å². The van der Waals surface area contributed by atoms with Gasteiger partial charge in [0.2, 0.25) is 0 Å². The first-order valence-corrected chi connectivity index (χ1v) is 7.04. The van der Waals surface area contributed by atoms with Gasteiger partial charge in [0.1, 0.15) is 5.75 Å². The Morgan fingerprint density at radius 1 is 1.18 bits per heavy atom. The Labute approximate surface area is 133 Å². The first-order valence-electron chi connectivity index (χ1n) is 6.25. The highest BCUT2D eigenvalue weighted by Crippen LogP contribution is 2.21. The van der Waals surface area contributed by atoms with Crippen molar-refractivity contribution in [3.05, 3.63) is 58.3 Å². The maximum atomic E-state index is 13.5. The van der Waals surface area contributed by atoms with Crippen LogP contribution in [0.5, 0.6) is 5.75 Å². The molecule has 22 heavy (non-hydrogen) atoms. The minimum absolute atomic E-state index is 0.433. The molecule has 2 aromatic carbocycles. The summed E-state index contributed by atoms with van der Waals surface area (Å²) in [6.45, 7) is 1.45. The number of carbonyl (C=O) groups is 1.